The van der Waals surface area contributed by atoms with Crippen LogP contribution in [-0.2, 0) is 9.31 Å². The van der Waals surface area contributed by atoms with Crippen molar-refractivity contribution >= 4 is 72.3 Å². The Balaban J connectivity index is 0.000000125. The van der Waals surface area contributed by atoms with Crippen molar-refractivity contribution in [3.05, 3.63) is 260 Å². The molecule has 86 heavy (non-hydrogen) atoms. The van der Waals surface area contributed by atoms with Crippen LogP contribution in [0.2, 0.25) is 0 Å². The van der Waals surface area contributed by atoms with Gasteiger partial charge in [0.15, 0.2) is 34.9 Å². The van der Waals surface area contributed by atoms with Crippen LogP contribution < -0.4 is 5.59 Å². The highest BCUT2D eigenvalue weighted by Crippen LogP contribution is 2.37. The fraction of sp³-hybridized carbons (Fsp3) is 0.0833. The fourth-order valence-corrected chi connectivity index (χ4v) is 10.4. The lowest BCUT2D eigenvalue weighted by Gasteiger charge is -2.32. The summed E-state index contributed by atoms with van der Waals surface area (Å²) >= 11 is 3.52. The molecule has 6 aromatic heterocycles. The minimum atomic E-state index is -0.455. The molecule has 0 bridgehead atoms. The van der Waals surface area contributed by atoms with Gasteiger partial charge in [-0.05, 0) is 70.2 Å². The molecule has 1 aliphatic heterocycles. The number of rotatable bonds is 8. The van der Waals surface area contributed by atoms with E-state index in [1.54, 1.807) is 6.20 Å². The van der Waals surface area contributed by atoms with E-state index in [1.165, 1.54) is 0 Å². The Hall–Kier alpha value is -10.1. The van der Waals surface area contributed by atoms with Crippen LogP contribution in [0, 0.1) is 0 Å². The van der Waals surface area contributed by atoms with Crippen LogP contribution in [0.4, 0.5) is 0 Å². The average Bonchev–Trinajstić information content (AvgIpc) is 1.83. The summed E-state index contributed by atoms with van der Waals surface area (Å²) in [4.78, 5) is 47.5. The van der Waals surface area contributed by atoms with E-state index >= 15 is 0 Å². The van der Waals surface area contributed by atoms with Crippen molar-refractivity contribution in [2.45, 2.75) is 38.9 Å². The zero-order valence-corrected chi connectivity index (χ0v) is 49.1. The summed E-state index contributed by atoms with van der Waals surface area (Å²) < 4.78 is 13.2. The molecule has 1 fully saturated rings. The van der Waals surface area contributed by atoms with Crippen LogP contribution in [0.5, 0.6) is 0 Å². The molecule has 12 nitrogen and oxygen atoms in total. The third-order valence-corrected chi connectivity index (χ3v) is 15.8. The Bertz CT molecular complexity index is 4620. The van der Waals surface area contributed by atoms with Gasteiger partial charge in [-0.2, -0.15) is 0 Å². The Morgan fingerprint density at radius 2 is 0.651 bits per heavy atom. The molecule has 8 aromatic carbocycles. The second kappa shape index (κ2) is 23.9. The van der Waals surface area contributed by atoms with Gasteiger partial charge in [-0.15, -0.1) is 0 Å². The largest absolute Gasteiger partial charge is 0.514 e. The van der Waals surface area contributed by atoms with Crippen LogP contribution >= 0.6 is 15.9 Å². The summed E-state index contributed by atoms with van der Waals surface area (Å²) in [5, 5.41) is 4.29. The first kappa shape index (κ1) is 55.1. The molecular weight excluding hydrogens is 1130 g/mol. The molecule has 0 unspecified atom stereocenters. The molecule has 0 atom stereocenters. The van der Waals surface area contributed by atoms with Crippen molar-refractivity contribution in [2.75, 3.05) is 0 Å². The quantitative estimate of drug-likeness (QED) is 0.105. The lowest BCUT2D eigenvalue weighted by Crippen LogP contribution is -2.41. The fourth-order valence-electron chi connectivity index (χ4n) is 10.0. The molecule has 15 rings (SSSR count). The maximum atomic E-state index is 6.11. The standard InChI is InChI=1S/C33H21N5.C21H14BrN3.C18H19BN2O2/c1-3-9-24(10-4-1)31-36-32(25-11-5-2-6-12-25)38-33(37-31)27-14-7-13-26(21-27)28-19-18-23-17-16-22-15-8-20-34-29(22)30(23)35-28;22-18-13-7-12-17(14-18)21-24-19(15-8-3-1-4-9-15)23-20(25-21)16-10-5-2-6-11-16;1-17(2)18(3,4)23-19(22-17)14-10-9-13-8-7-12-6-5-11-20-15(12)16(13)21-14/h1-21H;1-14H;5-11H,1-4H3. The van der Waals surface area contributed by atoms with Crippen LogP contribution in [0.25, 0.3) is 123 Å². The van der Waals surface area contributed by atoms with Gasteiger partial charge in [-0.25, -0.2) is 34.9 Å². The molecule has 0 spiro atoms. The van der Waals surface area contributed by atoms with Crippen LogP contribution in [-0.4, -0.2) is 68.2 Å². The van der Waals surface area contributed by atoms with Crippen molar-refractivity contribution in [3.8, 4) is 79.6 Å². The Kier molecular flexibility index (Phi) is 15.3. The van der Waals surface area contributed by atoms with Crippen LogP contribution in [0.3, 0.4) is 0 Å². The van der Waals surface area contributed by atoms with E-state index in [4.69, 9.17) is 44.2 Å². The number of fused-ring (bicyclic) bond motifs is 6. The normalized spacial score (nSPS) is 13.2. The summed E-state index contributed by atoms with van der Waals surface area (Å²) in [5.41, 5.74) is 11.2. The van der Waals surface area contributed by atoms with Gasteiger partial charge in [0.05, 0.1) is 44.6 Å². The molecule has 7 heterocycles. The maximum Gasteiger partial charge on any atom is 0.514 e. The monoisotopic (exact) mass is 1180 g/mol. The van der Waals surface area contributed by atoms with Gasteiger partial charge in [-0.3, -0.25) is 15.0 Å². The molecule has 0 radical (unpaired) electrons. The van der Waals surface area contributed by atoms with Gasteiger partial charge in [0.25, 0.3) is 0 Å². The summed E-state index contributed by atoms with van der Waals surface area (Å²) in [6.45, 7) is 8.19. The SMILES string of the molecule is Brc1cccc(-c2nc(-c3ccccc3)nc(-c3ccccc3)n2)c1.CC1(C)OB(c2ccc3ccc4cccnc4c3n2)OC1(C)C.c1ccc(-c2nc(-c3ccccc3)nc(-c3cccc(-c4ccc5ccc6cccnc6c5n4)c3)n2)cc1. The number of nitrogens with zero attached hydrogens (tertiary/aromatic N) is 10. The van der Waals surface area contributed by atoms with Crippen LogP contribution in [0.15, 0.2) is 260 Å². The van der Waals surface area contributed by atoms with E-state index in [-0.39, 0.29) is 11.2 Å². The van der Waals surface area contributed by atoms with Crippen LogP contribution in [0.1, 0.15) is 27.7 Å². The minimum absolute atomic E-state index is 0.370. The van der Waals surface area contributed by atoms with Gasteiger partial charge < -0.3 is 9.31 Å². The third kappa shape index (κ3) is 11.7. The first-order chi connectivity index (χ1) is 42.0. The van der Waals surface area contributed by atoms with Gasteiger partial charge in [0, 0.05) is 77.4 Å². The molecule has 14 heteroatoms. The number of hydrogen-bond donors (Lipinski definition) is 0. The number of halogens is 1. The molecule has 414 valence electrons. The lowest BCUT2D eigenvalue weighted by atomic mass is 9.84. The number of pyridine rings is 4. The number of benzene rings is 8. The predicted molar refractivity (Wildman–Crippen MR) is 349 cm³/mol. The van der Waals surface area contributed by atoms with Gasteiger partial charge >= 0.3 is 7.12 Å². The van der Waals surface area contributed by atoms with Gasteiger partial charge in [-0.1, -0.05) is 216 Å². The van der Waals surface area contributed by atoms with E-state index in [0.717, 1.165) is 98.3 Å². The first-order valence-electron chi connectivity index (χ1n) is 28.2. The number of aromatic nitrogens is 10. The Morgan fingerprint density at radius 1 is 0.302 bits per heavy atom. The molecule has 1 aliphatic rings. The molecule has 1 saturated heterocycles. The molecule has 0 saturated carbocycles. The zero-order valence-electron chi connectivity index (χ0n) is 47.5. The highest BCUT2D eigenvalue weighted by molar-refractivity contribution is 9.10. The highest BCUT2D eigenvalue weighted by atomic mass is 79.9. The van der Waals surface area contributed by atoms with Crippen molar-refractivity contribution in [2.24, 2.45) is 0 Å². The third-order valence-electron chi connectivity index (χ3n) is 15.3. The van der Waals surface area contributed by atoms with Gasteiger partial charge in [0.1, 0.15) is 0 Å². The summed E-state index contributed by atoms with van der Waals surface area (Å²) in [7, 11) is -0.455. The predicted octanol–water partition coefficient (Wildman–Crippen LogP) is 16.4. The smallest absolute Gasteiger partial charge is 0.398 e. The topological polar surface area (TPSA) is 147 Å². The summed E-state index contributed by atoms with van der Waals surface area (Å²) in [6.07, 6.45) is 3.61. The second-order valence-corrected chi connectivity index (χ2v) is 22.5. The van der Waals surface area contributed by atoms with Crippen molar-refractivity contribution in [1.29, 1.82) is 0 Å². The summed E-state index contributed by atoms with van der Waals surface area (Å²) in [5.74, 6) is 3.90. The molecular formula is C72H54BBrN10O2. The van der Waals surface area contributed by atoms with Crippen molar-refractivity contribution < 1.29 is 9.31 Å². The zero-order chi connectivity index (χ0) is 58.6. The molecule has 14 aromatic rings. The van der Waals surface area contributed by atoms with E-state index < -0.39 is 7.12 Å². The minimum Gasteiger partial charge on any atom is -0.398 e. The van der Waals surface area contributed by atoms with E-state index in [9.17, 15) is 0 Å². The van der Waals surface area contributed by atoms with E-state index in [1.807, 2.05) is 216 Å². The second-order valence-electron chi connectivity index (χ2n) is 21.6. The van der Waals surface area contributed by atoms with Crippen molar-refractivity contribution in [3.63, 3.8) is 0 Å². The molecule has 0 N–H and O–H groups in total. The maximum absolute atomic E-state index is 6.11. The average molecular weight is 1180 g/mol. The lowest BCUT2D eigenvalue weighted by molar-refractivity contribution is 0.00578. The Morgan fingerprint density at radius 3 is 1.09 bits per heavy atom. The first-order valence-corrected chi connectivity index (χ1v) is 29.0. The molecule has 0 aliphatic carbocycles. The number of hydrogen-bond acceptors (Lipinski definition) is 12. The Labute approximate surface area is 506 Å². The molecule has 0 amide bonds. The van der Waals surface area contributed by atoms with E-state index in [0.29, 0.717) is 34.9 Å². The van der Waals surface area contributed by atoms with Gasteiger partial charge in [0.2, 0.25) is 0 Å². The highest BCUT2D eigenvalue weighted by Gasteiger charge is 2.52. The van der Waals surface area contributed by atoms with E-state index in [2.05, 4.69) is 91.5 Å². The van der Waals surface area contributed by atoms with Crippen molar-refractivity contribution in [1.82, 2.24) is 49.8 Å². The summed E-state index contributed by atoms with van der Waals surface area (Å²) in [6, 6.07) is 80.6.